The number of hydrogen-bond donors (Lipinski definition) is 2. The maximum absolute atomic E-state index is 12.8. The van der Waals surface area contributed by atoms with Gasteiger partial charge in [0, 0.05) is 6.07 Å². The predicted molar refractivity (Wildman–Crippen MR) is 72.5 cm³/mol. The molecule has 114 valence electrons. The van der Waals surface area contributed by atoms with Crippen LogP contribution in [0.1, 0.15) is 18.4 Å². The Morgan fingerprint density at radius 3 is 2.62 bits per heavy atom. The average Bonchev–Trinajstić information content (AvgIpc) is 3.22. The summed E-state index contributed by atoms with van der Waals surface area (Å²) >= 11 is 0. The maximum atomic E-state index is 12.8. The molecule has 1 fully saturated rings. The molecule has 1 aromatic rings. The van der Waals surface area contributed by atoms with E-state index in [4.69, 9.17) is 0 Å². The van der Waals surface area contributed by atoms with Crippen molar-refractivity contribution in [2.75, 3.05) is 5.32 Å². The van der Waals surface area contributed by atoms with E-state index in [0.29, 0.717) is 12.8 Å². The minimum atomic E-state index is -2.63. The molecule has 1 aromatic carbocycles. The lowest BCUT2D eigenvalue weighted by molar-refractivity contribution is -0.385. The van der Waals surface area contributed by atoms with E-state index in [1.807, 2.05) is 0 Å². The third-order valence-corrected chi connectivity index (χ3v) is 3.45. The lowest BCUT2D eigenvalue weighted by Gasteiger charge is -2.18. The van der Waals surface area contributed by atoms with Crippen LogP contribution in [0, 0.1) is 23.0 Å². The van der Waals surface area contributed by atoms with Gasteiger partial charge in [-0.2, -0.15) is 0 Å². The van der Waals surface area contributed by atoms with Crippen LogP contribution in [0.3, 0.4) is 0 Å². The Morgan fingerprint density at radius 1 is 1.43 bits per heavy atom. The quantitative estimate of drug-likeness (QED) is 0.647. The second-order valence-electron chi connectivity index (χ2n) is 5.00. The van der Waals surface area contributed by atoms with Crippen molar-refractivity contribution in [1.29, 1.82) is 0 Å². The Balaban J connectivity index is 2.05. The standard InChI is InChI=1S/C13H15F2N3O3/c1-7-9(3-2-4-10(7)18(20)21)16-13(19)17-11(12(14)15)8-5-6-8/h2-4,8,11-12H,5-6H2,1H3,(H2,16,17,19)/t11-/m0/s1. The number of halogens is 2. The summed E-state index contributed by atoms with van der Waals surface area (Å²) in [6.07, 6.45) is -1.29. The van der Waals surface area contributed by atoms with E-state index in [2.05, 4.69) is 10.6 Å². The molecule has 0 unspecified atom stereocenters. The molecule has 0 saturated heterocycles. The Bertz CT molecular complexity index is 560. The van der Waals surface area contributed by atoms with Gasteiger partial charge in [0.2, 0.25) is 0 Å². The second-order valence-corrected chi connectivity index (χ2v) is 5.00. The highest BCUT2D eigenvalue weighted by Gasteiger charge is 2.38. The maximum Gasteiger partial charge on any atom is 0.319 e. The van der Waals surface area contributed by atoms with Crippen LogP contribution >= 0.6 is 0 Å². The number of amides is 2. The molecular weight excluding hydrogens is 284 g/mol. The van der Waals surface area contributed by atoms with E-state index in [1.165, 1.54) is 25.1 Å². The molecule has 2 N–H and O–H groups in total. The van der Waals surface area contributed by atoms with Gasteiger partial charge in [0.15, 0.2) is 0 Å². The zero-order chi connectivity index (χ0) is 15.6. The van der Waals surface area contributed by atoms with Crippen LogP contribution in [-0.4, -0.2) is 23.4 Å². The van der Waals surface area contributed by atoms with Crippen molar-refractivity contribution in [3.63, 3.8) is 0 Å². The number of carbonyl (C=O) groups excluding carboxylic acids is 1. The van der Waals surface area contributed by atoms with Gasteiger partial charge < -0.3 is 10.6 Å². The number of benzene rings is 1. The predicted octanol–water partition coefficient (Wildman–Crippen LogP) is 3.07. The number of alkyl halides is 2. The summed E-state index contributed by atoms with van der Waals surface area (Å²) in [5.74, 6) is -0.193. The van der Waals surface area contributed by atoms with Crippen LogP contribution in [0.25, 0.3) is 0 Å². The molecule has 1 saturated carbocycles. The highest BCUT2D eigenvalue weighted by Crippen LogP contribution is 2.35. The molecule has 6 nitrogen and oxygen atoms in total. The van der Waals surface area contributed by atoms with Crippen LogP contribution in [0.15, 0.2) is 18.2 Å². The van der Waals surface area contributed by atoms with Crippen molar-refractivity contribution in [1.82, 2.24) is 5.32 Å². The number of carbonyl (C=O) groups is 1. The first-order chi connectivity index (χ1) is 9.90. The molecule has 1 aliphatic carbocycles. The average molecular weight is 299 g/mol. The number of nitrogens with one attached hydrogen (secondary N) is 2. The van der Waals surface area contributed by atoms with E-state index >= 15 is 0 Å². The van der Waals surface area contributed by atoms with Gasteiger partial charge in [-0.3, -0.25) is 10.1 Å². The smallest absolute Gasteiger partial charge is 0.319 e. The first-order valence-electron chi connectivity index (χ1n) is 6.50. The molecule has 0 heterocycles. The minimum Gasteiger partial charge on any atom is -0.329 e. The molecule has 2 amide bonds. The van der Waals surface area contributed by atoms with Crippen molar-refractivity contribution in [2.45, 2.75) is 32.2 Å². The Kier molecular flexibility index (Phi) is 4.35. The number of anilines is 1. The van der Waals surface area contributed by atoms with Gasteiger partial charge in [0.05, 0.1) is 22.2 Å². The van der Waals surface area contributed by atoms with Crippen molar-refractivity contribution in [3.05, 3.63) is 33.9 Å². The summed E-state index contributed by atoms with van der Waals surface area (Å²) in [6.45, 7) is 1.49. The van der Waals surface area contributed by atoms with E-state index in [1.54, 1.807) is 0 Å². The monoisotopic (exact) mass is 299 g/mol. The summed E-state index contributed by atoms with van der Waals surface area (Å²) in [5.41, 5.74) is 0.364. The van der Waals surface area contributed by atoms with E-state index in [9.17, 15) is 23.7 Å². The molecule has 0 bridgehead atoms. The van der Waals surface area contributed by atoms with Gasteiger partial charge in [-0.1, -0.05) is 6.07 Å². The first kappa shape index (κ1) is 15.1. The molecular formula is C13H15F2N3O3. The Hall–Kier alpha value is -2.25. The number of nitro benzene ring substituents is 1. The third-order valence-electron chi connectivity index (χ3n) is 3.45. The SMILES string of the molecule is Cc1c(NC(=O)N[C@H](C(F)F)C2CC2)cccc1[N+](=O)[O-]. The fraction of sp³-hybridized carbons (Fsp3) is 0.462. The molecule has 0 spiro atoms. The Morgan fingerprint density at radius 2 is 2.10 bits per heavy atom. The number of hydrogen-bond acceptors (Lipinski definition) is 3. The normalized spacial score (nSPS) is 15.6. The Labute approximate surface area is 119 Å². The zero-order valence-electron chi connectivity index (χ0n) is 11.3. The summed E-state index contributed by atoms with van der Waals surface area (Å²) in [6, 6.07) is 2.26. The van der Waals surface area contributed by atoms with Gasteiger partial charge in [-0.05, 0) is 31.7 Å². The summed E-state index contributed by atoms with van der Waals surface area (Å²) in [4.78, 5) is 22.0. The van der Waals surface area contributed by atoms with Gasteiger partial charge >= 0.3 is 6.03 Å². The van der Waals surface area contributed by atoms with Crippen LogP contribution in [0.2, 0.25) is 0 Å². The summed E-state index contributed by atoms with van der Waals surface area (Å²) in [7, 11) is 0. The topological polar surface area (TPSA) is 84.3 Å². The number of urea groups is 1. The fourth-order valence-corrected chi connectivity index (χ4v) is 2.11. The molecule has 0 radical (unpaired) electrons. The van der Waals surface area contributed by atoms with Crippen LogP contribution in [0.4, 0.5) is 25.0 Å². The number of nitro groups is 1. The van der Waals surface area contributed by atoms with Gasteiger partial charge in [-0.25, -0.2) is 13.6 Å². The molecule has 2 rings (SSSR count). The van der Waals surface area contributed by atoms with Crippen LogP contribution < -0.4 is 10.6 Å². The largest absolute Gasteiger partial charge is 0.329 e. The van der Waals surface area contributed by atoms with Crippen molar-refractivity contribution in [3.8, 4) is 0 Å². The molecule has 8 heteroatoms. The third kappa shape index (κ3) is 3.65. The lowest BCUT2D eigenvalue weighted by atomic mass is 10.1. The first-order valence-corrected chi connectivity index (χ1v) is 6.50. The second kappa shape index (κ2) is 6.02. The van der Waals surface area contributed by atoms with Crippen molar-refractivity contribution in [2.24, 2.45) is 5.92 Å². The highest BCUT2D eigenvalue weighted by atomic mass is 19.3. The van der Waals surface area contributed by atoms with E-state index < -0.39 is 23.4 Å². The summed E-state index contributed by atoms with van der Waals surface area (Å²) in [5, 5.41) is 15.4. The zero-order valence-corrected chi connectivity index (χ0v) is 11.3. The van der Waals surface area contributed by atoms with Crippen molar-refractivity contribution < 1.29 is 18.5 Å². The molecule has 1 aliphatic rings. The molecule has 0 aromatic heterocycles. The van der Waals surface area contributed by atoms with E-state index in [0.717, 1.165) is 0 Å². The number of rotatable bonds is 5. The molecule has 21 heavy (non-hydrogen) atoms. The summed E-state index contributed by atoms with van der Waals surface area (Å²) < 4.78 is 25.6. The molecule has 0 aliphatic heterocycles. The fourth-order valence-electron chi connectivity index (χ4n) is 2.11. The molecule has 1 atom stereocenters. The van der Waals surface area contributed by atoms with E-state index in [-0.39, 0.29) is 22.9 Å². The van der Waals surface area contributed by atoms with Crippen LogP contribution in [0.5, 0.6) is 0 Å². The highest BCUT2D eigenvalue weighted by molar-refractivity contribution is 5.91. The van der Waals surface area contributed by atoms with Gasteiger partial charge in [-0.15, -0.1) is 0 Å². The minimum absolute atomic E-state index is 0.139. The number of nitrogens with zero attached hydrogens (tertiary/aromatic N) is 1. The van der Waals surface area contributed by atoms with Crippen molar-refractivity contribution >= 4 is 17.4 Å². The van der Waals surface area contributed by atoms with Gasteiger partial charge in [0.25, 0.3) is 12.1 Å². The lowest BCUT2D eigenvalue weighted by Crippen LogP contribution is -2.43. The van der Waals surface area contributed by atoms with Gasteiger partial charge in [0.1, 0.15) is 0 Å². The van der Waals surface area contributed by atoms with Crippen LogP contribution in [-0.2, 0) is 0 Å².